The topological polar surface area (TPSA) is 139 Å². The second-order valence-electron chi connectivity index (χ2n) is 4.55. The molecule has 3 rings (SSSR count). The van der Waals surface area contributed by atoms with Crippen LogP contribution < -0.4 is 11.3 Å². The van der Waals surface area contributed by atoms with Gasteiger partial charge in [0.25, 0.3) is 5.56 Å². The summed E-state index contributed by atoms with van der Waals surface area (Å²) in [5, 5.41) is 18.5. The molecule has 4 atom stereocenters. The molecule has 114 valence electrons. The Morgan fingerprint density at radius 1 is 1.52 bits per heavy atom. The van der Waals surface area contributed by atoms with Crippen LogP contribution in [0.5, 0.6) is 0 Å². The molecule has 0 radical (unpaired) electrons. The number of halogens is 2. The number of ether oxygens (including phenoxy) is 1. The molecule has 5 N–H and O–H groups in total. The summed E-state index contributed by atoms with van der Waals surface area (Å²) >= 11 is 5.66. The van der Waals surface area contributed by atoms with Crippen LogP contribution in [-0.4, -0.2) is 54.7 Å². The summed E-state index contributed by atoms with van der Waals surface area (Å²) in [6.07, 6.45) is -5.89. The lowest BCUT2D eigenvalue weighted by Gasteiger charge is -2.16. The third-order valence-corrected chi connectivity index (χ3v) is 3.46. The molecule has 0 bridgehead atoms. The quantitative estimate of drug-likeness (QED) is 0.517. The summed E-state index contributed by atoms with van der Waals surface area (Å²) in [6.45, 7) is -0.570. The van der Waals surface area contributed by atoms with Gasteiger partial charge in [0.1, 0.15) is 12.2 Å². The van der Waals surface area contributed by atoms with Gasteiger partial charge >= 0.3 is 0 Å². The van der Waals surface area contributed by atoms with E-state index in [4.69, 9.17) is 27.2 Å². The monoisotopic (exact) mass is 319 g/mol. The number of hydrogen-bond donors (Lipinski definition) is 4. The fraction of sp³-hybridized carbons (Fsp3) is 0.500. The van der Waals surface area contributed by atoms with Crippen molar-refractivity contribution in [2.75, 3.05) is 12.3 Å². The first-order valence-electron chi connectivity index (χ1n) is 5.95. The maximum atomic E-state index is 14.2. The van der Waals surface area contributed by atoms with E-state index in [-0.39, 0.29) is 22.4 Å². The normalized spacial score (nSPS) is 29.3. The number of nitrogens with one attached hydrogen (secondary N) is 1. The molecular formula is C10H11ClFN5O4. The third kappa shape index (κ3) is 2.07. The van der Waals surface area contributed by atoms with Crippen LogP contribution >= 0.6 is 11.6 Å². The average molecular weight is 320 g/mol. The maximum absolute atomic E-state index is 14.2. The molecule has 2 aromatic heterocycles. The summed E-state index contributed by atoms with van der Waals surface area (Å²) in [5.74, 6) is -0.219. The van der Waals surface area contributed by atoms with Gasteiger partial charge in [0.2, 0.25) is 11.2 Å². The third-order valence-electron chi connectivity index (χ3n) is 3.28. The van der Waals surface area contributed by atoms with Gasteiger partial charge in [0, 0.05) is 0 Å². The number of rotatable bonds is 2. The minimum Gasteiger partial charge on any atom is -0.394 e. The van der Waals surface area contributed by atoms with Crippen molar-refractivity contribution in [3.63, 3.8) is 0 Å². The van der Waals surface area contributed by atoms with Crippen molar-refractivity contribution < 1.29 is 19.3 Å². The first-order chi connectivity index (χ1) is 9.93. The minimum absolute atomic E-state index is 0.0697. The van der Waals surface area contributed by atoms with Crippen LogP contribution in [0.4, 0.5) is 10.3 Å². The number of hydrogen-bond acceptors (Lipinski definition) is 7. The van der Waals surface area contributed by atoms with Crippen LogP contribution in [-0.2, 0) is 4.74 Å². The number of aliphatic hydroxyl groups excluding tert-OH is 2. The molecule has 1 saturated heterocycles. The van der Waals surface area contributed by atoms with Crippen molar-refractivity contribution in [3.05, 3.63) is 15.6 Å². The predicted octanol–water partition coefficient (Wildman–Crippen LogP) is -1.06. The number of nitrogens with zero attached hydrogens (tertiary/aromatic N) is 3. The van der Waals surface area contributed by atoms with E-state index in [0.717, 1.165) is 4.57 Å². The maximum Gasteiger partial charge on any atom is 0.280 e. The molecule has 0 saturated carbocycles. The van der Waals surface area contributed by atoms with Crippen LogP contribution in [0.2, 0.25) is 5.28 Å². The smallest absolute Gasteiger partial charge is 0.280 e. The SMILES string of the molecule is Nc1nc2c(=O)[nH]c(Cl)nc2n1C1OC(CO)C(O)C1F. The van der Waals surface area contributed by atoms with Gasteiger partial charge in [-0.15, -0.1) is 0 Å². The van der Waals surface area contributed by atoms with E-state index in [1.165, 1.54) is 0 Å². The number of alkyl halides is 1. The van der Waals surface area contributed by atoms with Gasteiger partial charge in [-0.2, -0.15) is 4.98 Å². The number of fused-ring (bicyclic) bond motifs is 1. The average Bonchev–Trinajstić information content (AvgIpc) is 2.89. The molecule has 1 aliphatic heterocycles. The molecule has 1 fully saturated rings. The molecule has 0 aliphatic carbocycles. The number of anilines is 1. The highest BCUT2D eigenvalue weighted by atomic mass is 35.5. The molecule has 9 nitrogen and oxygen atoms in total. The van der Waals surface area contributed by atoms with Gasteiger partial charge in [-0.05, 0) is 11.6 Å². The van der Waals surface area contributed by atoms with Gasteiger partial charge in [-0.25, -0.2) is 9.37 Å². The van der Waals surface area contributed by atoms with Crippen molar-refractivity contribution in [2.24, 2.45) is 0 Å². The second kappa shape index (κ2) is 4.91. The van der Waals surface area contributed by atoms with Crippen molar-refractivity contribution in [2.45, 2.75) is 24.6 Å². The number of aliphatic hydroxyl groups is 2. The van der Waals surface area contributed by atoms with Crippen molar-refractivity contribution in [1.29, 1.82) is 0 Å². The Kier molecular flexibility index (Phi) is 3.32. The van der Waals surface area contributed by atoms with E-state index in [0.29, 0.717) is 0 Å². The molecule has 2 aromatic rings. The molecule has 0 spiro atoms. The van der Waals surface area contributed by atoms with E-state index < -0.39 is 36.8 Å². The first kappa shape index (κ1) is 14.2. The van der Waals surface area contributed by atoms with Gasteiger partial charge in [-0.3, -0.25) is 14.3 Å². The lowest BCUT2D eigenvalue weighted by atomic mass is 10.1. The van der Waals surface area contributed by atoms with E-state index >= 15 is 0 Å². The summed E-state index contributed by atoms with van der Waals surface area (Å²) in [5.41, 5.74) is 4.84. The standard InChI is InChI=1S/C10H11ClFN5O4/c11-9-15-6-4(7(20)16-9)14-10(13)17(6)8-3(12)5(19)2(1-18)21-8/h2-3,5,8,18-19H,1H2,(H2,13,14)(H,15,16,20). The van der Waals surface area contributed by atoms with E-state index in [9.17, 15) is 14.3 Å². The van der Waals surface area contributed by atoms with Gasteiger partial charge in [0.15, 0.2) is 23.6 Å². The fourth-order valence-electron chi connectivity index (χ4n) is 2.29. The molecule has 11 heteroatoms. The summed E-state index contributed by atoms with van der Waals surface area (Å²) in [4.78, 5) is 21.6. The van der Waals surface area contributed by atoms with Gasteiger partial charge < -0.3 is 20.7 Å². The highest BCUT2D eigenvalue weighted by molar-refractivity contribution is 6.28. The molecule has 21 heavy (non-hydrogen) atoms. The number of imidazole rings is 1. The van der Waals surface area contributed by atoms with Crippen LogP contribution in [0, 0.1) is 0 Å². The minimum atomic E-state index is -1.87. The second-order valence-corrected chi connectivity index (χ2v) is 4.91. The summed E-state index contributed by atoms with van der Waals surface area (Å²) in [7, 11) is 0. The highest BCUT2D eigenvalue weighted by Gasteiger charge is 2.46. The first-order valence-corrected chi connectivity index (χ1v) is 6.33. The Hall–Kier alpha value is -1.75. The Morgan fingerprint density at radius 3 is 2.86 bits per heavy atom. The Morgan fingerprint density at radius 2 is 2.24 bits per heavy atom. The molecule has 3 heterocycles. The largest absolute Gasteiger partial charge is 0.394 e. The Bertz CT molecular complexity index is 749. The highest BCUT2D eigenvalue weighted by Crippen LogP contribution is 2.34. The van der Waals surface area contributed by atoms with Crippen LogP contribution in [0.15, 0.2) is 4.79 Å². The number of aromatic nitrogens is 4. The molecule has 1 aliphatic rings. The number of aromatic amines is 1. The van der Waals surface area contributed by atoms with Crippen LogP contribution in [0.3, 0.4) is 0 Å². The lowest BCUT2D eigenvalue weighted by Crippen LogP contribution is -2.30. The zero-order valence-electron chi connectivity index (χ0n) is 10.4. The van der Waals surface area contributed by atoms with Crippen LogP contribution in [0.1, 0.15) is 6.23 Å². The van der Waals surface area contributed by atoms with Crippen molar-refractivity contribution in [3.8, 4) is 0 Å². The van der Waals surface area contributed by atoms with E-state index in [1.54, 1.807) is 0 Å². The number of H-pyrrole nitrogens is 1. The predicted molar refractivity (Wildman–Crippen MR) is 69.5 cm³/mol. The fourth-order valence-corrected chi connectivity index (χ4v) is 2.45. The van der Waals surface area contributed by atoms with Crippen molar-refractivity contribution >= 4 is 28.7 Å². The van der Waals surface area contributed by atoms with Gasteiger partial charge in [0.05, 0.1) is 6.61 Å². The number of nitrogen functional groups attached to an aromatic ring is 1. The van der Waals surface area contributed by atoms with E-state index in [1.807, 2.05) is 0 Å². The molecule has 0 aromatic carbocycles. The lowest BCUT2D eigenvalue weighted by molar-refractivity contribution is -0.0451. The zero-order chi connectivity index (χ0) is 15.3. The Balaban J connectivity index is 2.17. The van der Waals surface area contributed by atoms with E-state index in [2.05, 4.69) is 15.0 Å². The molecule has 4 unspecified atom stereocenters. The Labute approximate surface area is 121 Å². The zero-order valence-corrected chi connectivity index (χ0v) is 11.2. The van der Waals surface area contributed by atoms with Gasteiger partial charge in [-0.1, -0.05) is 0 Å². The number of nitrogens with two attached hydrogens (primary N) is 1. The van der Waals surface area contributed by atoms with Crippen LogP contribution in [0.25, 0.3) is 11.2 Å². The van der Waals surface area contributed by atoms with Crippen molar-refractivity contribution in [1.82, 2.24) is 19.5 Å². The summed E-state index contributed by atoms with van der Waals surface area (Å²) < 4.78 is 20.4. The molecular weight excluding hydrogens is 309 g/mol. The summed E-state index contributed by atoms with van der Waals surface area (Å²) in [6, 6.07) is 0. The molecule has 0 amide bonds.